The number of aromatic nitrogens is 1. The highest BCUT2D eigenvalue weighted by Crippen LogP contribution is 2.35. The fourth-order valence-electron chi connectivity index (χ4n) is 4.01. The van der Waals surface area contributed by atoms with Gasteiger partial charge in [0.25, 0.3) is 0 Å². The van der Waals surface area contributed by atoms with Crippen LogP contribution in [-0.4, -0.2) is 11.3 Å². The second-order valence-corrected chi connectivity index (χ2v) is 7.73. The van der Waals surface area contributed by atoms with Crippen LogP contribution in [0.15, 0.2) is 42.6 Å². The highest BCUT2D eigenvalue weighted by Gasteiger charge is 2.21. The van der Waals surface area contributed by atoms with E-state index in [2.05, 4.69) is 48.3 Å². The molecule has 138 valence electrons. The quantitative estimate of drug-likeness (QED) is 0.411. The Morgan fingerprint density at radius 1 is 0.962 bits per heavy atom. The normalized spacial score (nSPS) is 20.0. The van der Waals surface area contributed by atoms with Crippen LogP contribution >= 0.6 is 0 Å². The average molecular weight is 350 g/mol. The van der Waals surface area contributed by atoms with Crippen molar-refractivity contribution in [3.05, 3.63) is 53.7 Å². The van der Waals surface area contributed by atoms with Gasteiger partial charge in [-0.1, -0.05) is 56.5 Å². The molecular formula is C24H31NO. The third kappa shape index (κ3) is 5.03. The van der Waals surface area contributed by atoms with Gasteiger partial charge in [-0.2, -0.15) is 0 Å². The van der Waals surface area contributed by atoms with Crippen LogP contribution in [0.1, 0.15) is 75.3 Å². The number of rotatable bonds is 8. The van der Waals surface area contributed by atoms with E-state index in [0.29, 0.717) is 5.92 Å². The molecule has 0 spiro atoms. The Bertz CT molecular complexity index is 666. The van der Waals surface area contributed by atoms with Crippen LogP contribution in [0.2, 0.25) is 0 Å². The Labute approximate surface area is 158 Å². The van der Waals surface area contributed by atoms with Crippen molar-refractivity contribution >= 4 is 6.29 Å². The van der Waals surface area contributed by atoms with Crippen LogP contribution in [0.3, 0.4) is 0 Å². The average Bonchev–Trinajstić information content (AvgIpc) is 2.72. The molecule has 2 aromatic rings. The number of pyridine rings is 1. The van der Waals surface area contributed by atoms with Crippen molar-refractivity contribution in [2.24, 2.45) is 5.92 Å². The van der Waals surface area contributed by atoms with E-state index in [1.807, 2.05) is 6.20 Å². The molecule has 0 amide bonds. The summed E-state index contributed by atoms with van der Waals surface area (Å²) < 4.78 is 0. The summed E-state index contributed by atoms with van der Waals surface area (Å²) in [4.78, 5) is 15.6. The number of benzene rings is 1. The molecule has 1 fully saturated rings. The maximum atomic E-state index is 10.9. The van der Waals surface area contributed by atoms with Crippen LogP contribution in [0.4, 0.5) is 0 Å². The van der Waals surface area contributed by atoms with E-state index >= 15 is 0 Å². The van der Waals surface area contributed by atoms with Crippen molar-refractivity contribution in [2.45, 2.75) is 70.6 Å². The molecule has 1 aromatic heterocycles. The lowest BCUT2D eigenvalue weighted by Gasteiger charge is -2.25. The van der Waals surface area contributed by atoms with Crippen LogP contribution < -0.4 is 0 Å². The van der Waals surface area contributed by atoms with Gasteiger partial charge in [0.2, 0.25) is 0 Å². The van der Waals surface area contributed by atoms with Gasteiger partial charge in [-0.05, 0) is 61.6 Å². The molecule has 1 aliphatic carbocycles. The Kier molecular flexibility index (Phi) is 6.99. The summed E-state index contributed by atoms with van der Waals surface area (Å²) in [6.45, 7) is 2.25. The van der Waals surface area contributed by atoms with Gasteiger partial charge in [-0.25, -0.2) is 0 Å². The third-order valence-corrected chi connectivity index (χ3v) is 5.79. The SMILES string of the molecule is CCCCCCc1ccc(-c2ccc([C@H]3CC[C@H](C=O)CC3)cc2)nc1. The molecule has 0 aliphatic heterocycles. The molecule has 1 heterocycles. The minimum Gasteiger partial charge on any atom is -0.303 e. The lowest BCUT2D eigenvalue weighted by atomic mass is 9.79. The number of hydrogen-bond acceptors (Lipinski definition) is 2. The summed E-state index contributed by atoms with van der Waals surface area (Å²) >= 11 is 0. The molecule has 1 saturated carbocycles. The Balaban J connectivity index is 1.57. The third-order valence-electron chi connectivity index (χ3n) is 5.79. The van der Waals surface area contributed by atoms with Gasteiger partial charge in [0.1, 0.15) is 6.29 Å². The van der Waals surface area contributed by atoms with Crippen molar-refractivity contribution in [3.63, 3.8) is 0 Å². The minimum absolute atomic E-state index is 0.287. The Morgan fingerprint density at radius 2 is 1.73 bits per heavy atom. The van der Waals surface area contributed by atoms with Gasteiger partial charge < -0.3 is 4.79 Å². The van der Waals surface area contributed by atoms with Crippen LogP contribution in [0.25, 0.3) is 11.3 Å². The van der Waals surface area contributed by atoms with Crippen LogP contribution in [0.5, 0.6) is 0 Å². The van der Waals surface area contributed by atoms with Gasteiger partial charge >= 0.3 is 0 Å². The monoisotopic (exact) mass is 349 g/mol. The number of unbranched alkanes of at least 4 members (excludes halogenated alkanes) is 3. The molecule has 26 heavy (non-hydrogen) atoms. The number of aldehydes is 1. The summed E-state index contributed by atoms with van der Waals surface area (Å²) in [5.74, 6) is 0.897. The first-order valence-corrected chi connectivity index (χ1v) is 10.3. The molecule has 0 atom stereocenters. The zero-order chi connectivity index (χ0) is 18.2. The molecule has 0 unspecified atom stereocenters. The maximum absolute atomic E-state index is 10.9. The first-order valence-electron chi connectivity index (χ1n) is 10.3. The van der Waals surface area contributed by atoms with E-state index in [0.717, 1.165) is 44.1 Å². The fourth-order valence-corrected chi connectivity index (χ4v) is 4.01. The van der Waals surface area contributed by atoms with E-state index in [1.165, 1.54) is 42.4 Å². The molecule has 3 rings (SSSR count). The lowest BCUT2D eigenvalue weighted by molar-refractivity contribution is -0.111. The van der Waals surface area contributed by atoms with Gasteiger partial charge in [-0.3, -0.25) is 4.98 Å². The predicted molar refractivity (Wildman–Crippen MR) is 108 cm³/mol. The van der Waals surface area contributed by atoms with Crippen molar-refractivity contribution < 1.29 is 4.79 Å². The van der Waals surface area contributed by atoms with E-state index in [4.69, 9.17) is 0 Å². The van der Waals surface area contributed by atoms with E-state index < -0.39 is 0 Å². The summed E-state index contributed by atoms with van der Waals surface area (Å²) in [7, 11) is 0. The second kappa shape index (κ2) is 9.66. The predicted octanol–water partition coefficient (Wildman–Crippen LogP) is 6.34. The molecule has 2 nitrogen and oxygen atoms in total. The molecule has 0 bridgehead atoms. The fraction of sp³-hybridized carbons (Fsp3) is 0.500. The highest BCUT2D eigenvalue weighted by molar-refractivity contribution is 5.59. The Hall–Kier alpha value is -1.96. The van der Waals surface area contributed by atoms with Crippen molar-refractivity contribution in [1.82, 2.24) is 4.98 Å². The number of aryl methyl sites for hydroxylation is 1. The smallest absolute Gasteiger partial charge is 0.123 e. The maximum Gasteiger partial charge on any atom is 0.123 e. The van der Waals surface area contributed by atoms with Crippen molar-refractivity contribution in [1.29, 1.82) is 0 Å². The number of hydrogen-bond donors (Lipinski definition) is 0. The lowest BCUT2D eigenvalue weighted by Crippen LogP contribution is -2.14. The van der Waals surface area contributed by atoms with E-state index in [1.54, 1.807) is 0 Å². The largest absolute Gasteiger partial charge is 0.303 e. The Morgan fingerprint density at radius 3 is 2.35 bits per heavy atom. The number of carbonyl (C=O) groups is 1. The van der Waals surface area contributed by atoms with Gasteiger partial charge in [0.15, 0.2) is 0 Å². The first kappa shape index (κ1) is 18.8. The topological polar surface area (TPSA) is 30.0 Å². The summed E-state index contributed by atoms with van der Waals surface area (Å²) in [5.41, 5.74) is 4.99. The van der Waals surface area contributed by atoms with Gasteiger partial charge in [0, 0.05) is 17.7 Å². The first-order chi connectivity index (χ1) is 12.8. The number of carbonyl (C=O) groups excluding carboxylic acids is 1. The molecule has 1 aromatic carbocycles. The summed E-state index contributed by atoms with van der Waals surface area (Å²) in [5, 5.41) is 0. The zero-order valence-electron chi connectivity index (χ0n) is 16.0. The minimum atomic E-state index is 0.287. The van der Waals surface area contributed by atoms with Crippen LogP contribution in [-0.2, 0) is 11.2 Å². The molecular weight excluding hydrogens is 318 g/mol. The summed E-state index contributed by atoms with van der Waals surface area (Å²) in [6, 6.07) is 13.3. The van der Waals surface area contributed by atoms with E-state index in [-0.39, 0.29) is 5.92 Å². The van der Waals surface area contributed by atoms with Crippen molar-refractivity contribution in [3.8, 4) is 11.3 Å². The van der Waals surface area contributed by atoms with Gasteiger partial charge in [-0.15, -0.1) is 0 Å². The van der Waals surface area contributed by atoms with Crippen LogP contribution in [0, 0.1) is 5.92 Å². The molecule has 0 N–H and O–H groups in total. The van der Waals surface area contributed by atoms with E-state index in [9.17, 15) is 4.79 Å². The summed E-state index contributed by atoms with van der Waals surface area (Å²) in [6.07, 6.45) is 13.8. The number of nitrogens with zero attached hydrogens (tertiary/aromatic N) is 1. The molecule has 0 saturated heterocycles. The van der Waals surface area contributed by atoms with Crippen molar-refractivity contribution in [2.75, 3.05) is 0 Å². The standard InChI is InChI=1S/C24H31NO/c1-2-3-4-5-6-19-9-16-24(25-17-19)23-14-12-22(13-15-23)21-10-7-20(18-26)8-11-21/h9,12-18,20-21H,2-8,10-11H2,1H3/t20-,21-. The molecule has 2 heteroatoms. The molecule has 1 aliphatic rings. The molecule has 0 radical (unpaired) electrons. The highest BCUT2D eigenvalue weighted by atomic mass is 16.1. The van der Waals surface area contributed by atoms with Gasteiger partial charge in [0.05, 0.1) is 5.69 Å². The zero-order valence-corrected chi connectivity index (χ0v) is 16.0. The second-order valence-electron chi connectivity index (χ2n) is 7.73.